The Morgan fingerprint density at radius 2 is 2.19 bits per heavy atom. The Hall–Kier alpha value is -0.570. The number of hydrogen-bond donors (Lipinski definition) is 1. The average molecular weight is 226 g/mol. The number of fused-ring (bicyclic) bond motifs is 1. The molecule has 2 fully saturated rings. The molecular weight excluding hydrogens is 204 g/mol. The van der Waals surface area contributed by atoms with E-state index in [1.165, 1.54) is 6.42 Å². The maximum atomic E-state index is 11.5. The highest BCUT2D eigenvalue weighted by Crippen LogP contribution is 2.50. The number of aliphatic hydroxyl groups is 1. The van der Waals surface area contributed by atoms with Crippen LogP contribution in [-0.4, -0.2) is 23.3 Å². The molecule has 3 heteroatoms. The smallest absolute Gasteiger partial charge is 0.306 e. The van der Waals surface area contributed by atoms with E-state index in [0.29, 0.717) is 18.9 Å². The van der Waals surface area contributed by atoms with Crippen LogP contribution in [0.3, 0.4) is 0 Å². The van der Waals surface area contributed by atoms with Crippen molar-refractivity contribution in [3.05, 3.63) is 0 Å². The Labute approximate surface area is 97.2 Å². The maximum Gasteiger partial charge on any atom is 0.306 e. The average Bonchev–Trinajstić information content (AvgIpc) is 2.57. The van der Waals surface area contributed by atoms with Gasteiger partial charge in [0.1, 0.15) is 0 Å². The highest BCUT2D eigenvalue weighted by Gasteiger charge is 2.50. The minimum Gasteiger partial charge on any atom is -0.466 e. The van der Waals surface area contributed by atoms with Crippen LogP contribution in [-0.2, 0) is 9.53 Å². The summed E-state index contributed by atoms with van der Waals surface area (Å²) in [6, 6.07) is 0. The zero-order valence-electron chi connectivity index (χ0n) is 10.1. The summed E-state index contributed by atoms with van der Waals surface area (Å²) in [6.45, 7) is 2.26. The monoisotopic (exact) mass is 226 g/mol. The van der Waals surface area contributed by atoms with Crippen molar-refractivity contribution in [2.24, 2.45) is 11.8 Å². The van der Waals surface area contributed by atoms with Gasteiger partial charge in [-0.05, 0) is 44.4 Å². The van der Waals surface area contributed by atoms with Gasteiger partial charge in [0.15, 0.2) is 0 Å². The lowest BCUT2D eigenvalue weighted by molar-refractivity contribution is -0.148. The number of esters is 1. The first kappa shape index (κ1) is 11.9. The SMILES string of the molecule is CCOC(=O)C[C@@H]1CCC2CCCC[C@@]21O. The molecule has 2 aliphatic carbocycles. The van der Waals surface area contributed by atoms with Crippen molar-refractivity contribution in [1.82, 2.24) is 0 Å². The standard InChI is InChI=1S/C13H22O3/c1-2-16-12(14)9-11-7-6-10-5-3-4-8-13(10,11)15/h10-11,15H,2-9H2,1H3/t10?,11-,13+/m0/s1. The van der Waals surface area contributed by atoms with E-state index >= 15 is 0 Å². The van der Waals surface area contributed by atoms with E-state index in [1.54, 1.807) is 0 Å². The molecule has 16 heavy (non-hydrogen) atoms. The van der Waals surface area contributed by atoms with E-state index in [2.05, 4.69) is 0 Å². The summed E-state index contributed by atoms with van der Waals surface area (Å²) in [5.74, 6) is 0.421. The van der Waals surface area contributed by atoms with Gasteiger partial charge in [-0.25, -0.2) is 0 Å². The van der Waals surface area contributed by atoms with Crippen molar-refractivity contribution < 1.29 is 14.6 Å². The lowest BCUT2D eigenvalue weighted by Crippen LogP contribution is -2.42. The van der Waals surface area contributed by atoms with E-state index in [1.807, 2.05) is 6.92 Å². The van der Waals surface area contributed by atoms with Gasteiger partial charge in [0.05, 0.1) is 18.6 Å². The molecule has 2 aliphatic rings. The molecule has 0 radical (unpaired) electrons. The summed E-state index contributed by atoms with van der Waals surface area (Å²) in [6.07, 6.45) is 6.82. The number of rotatable bonds is 3. The molecule has 0 aromatic heterocycles. The van der Waals surface area contributed by atoms with Gasteiger partial charge in [0.2, 0.25) is 0 Å². The summed E-state index contributed by atoms with van der Waals surface area (Å²) in [5.41, 5.74) is -0.564. The summed E-state index contributed by atoms with van der Waals surface area (Å²) >= 11 is 0. The first-order valence-electron chi connectivity index (χ1n) is 6.55. The van der Waals surface area contributed by atoms with Gasteiger partial charge in [-0.15, -0.1) is 0 Å². The summed E-state index contributed by atoms with van der Waals surface area (Å²) in [7, 11) is 0. The minimum atomic E-state index is -0.564. The third-order valence-electron chi connectivity index (χ3n) is 4.38. The Morgan fingerprint density at radius 3 is 2.94 bits per heavy atom. The van der Waals surface area contributed by atoms with Crippen molar-refractivity contribution in [1.29, 1.82) is 0 Å². The maximum absolute atomic E-state index is 11.5. The molecule has 3 nitrogen and oxygen atoms in total. The molecule has 0 aliphatic heterocycles. The molecular formula is C13H22O3. The predicted molar refractivity (Wildman–Crippen MR) is 60.9 cm³/mol. The first-order chi connectivity index (χ1) is 7.66. The third-order valence-corrected chi connectivity index (χ3v) is 4.38. The van der Waals surface area contributed by atoms with Gasteiger partial charge in [0.25, 0.3) is 0 Å². The zero-order chi connectivity index (χ0) is 11.6. The lowest BCUT2D eigenvalue weighted by atomic mass is 9.73. The van der Waals surface area contributed by atoms with Gasteiger partial charge >= 0.3 is 5.97 Å². The van der Waals surface area contributed by atoms with E-state index in [4.69, 9.17) is 4.74 Å². The number of hydrogen-bond acceptors (Lipinski definition) is 3. The van der Waals surface area contributed by atoms with Crippen molar-refractivity contribution in [2.45, 2.75) is 57.5 Å². The highest BCUT2D eigenvalue weighted by atomic mass is 16.5. The van der Waals surface area contributed by atoms with Crippen molar-refractivity contribution >= 4 is 5.97 Å². The van der Waals surface area contributed by atoms with Crippen LogP contribution in [0, 0.1) is 11.8 Å². The second-order valence-electron chi connectivity index (χ2n) is 5.22. The van der Waals surface area contributed by atoms with Crippen LogP contribution in [0.15, 0.2) is 0 Å². The van der Waals surface area contributed by atoms with Crippen molar-refractivity contribution in [2.75, 3.05) is 6.61 Å². The van der Waals surface area contributed by atoms with E-state index < -0.39 is 5.60 Å². The molecule has 2 rings (SSSR count). The number of carbonyl (C=O) groups is 1. The Bertz CT molecular complexity index is 264. The molecule has 0 aromatic rings. The topological polar surface area (TPSA) is 46.5 Å². The van der Waals surface area contributed by atoms with Gasteiger partial charge in [-0.2, -0.15) is 0 Å². The fourth-order valence-corrected chi connectivity index (χ4v) is 3.54. The normalized spacial score (nSPS) is 38.1. The van der Waals surface area contributed by atoms with Gasteiger partial charge in [-0.3, -0.25) is 4.79 Å². The predicted octanol–water partition coefficient (Wildman–Crippen LogP) is 2.27. The number of carbonyl (C=O) groups excluding carboxylic acids is 1. The van der Waals surface area contributed by atoms with E-state index in [0.717, 1.165) is 32.1 Å². The lowest BCUT2D eigenvalue weighted by Gasteiger charge is -2.38. The first-order valence-corrected chi connectivity index (χ1v) is 6.55. The molecule has 0 spiro atoms. The van der Waals surface area contributed by atoms with Crippen LogP contribution in [0.1, 0.15) is 51.9 Å². The van der Waals surface area contributed by atoms with Crippen LogP contribution >= 0.6 is 0 Å². The van der Waals surface area contributed by atoms with Gasteiger partial charge < -0.3 is 9.84 Å². The Morgan fingerprint density at radius 1 is 1.38 bits per heavy atom. The number of ether oxygens (including phenoxy) is 1. The second kappa shape index (κ2) is 4.74. The molecule has 0 aromatic carbocycles. The second-order valence-corrected chi connectivity index (χ2v) is 5.22. The molecule has 2 saturated carbocycles. The summed E-state index contributed by atoms with van der Waals surface area (Å²) in [4.78, 5) is 11.5. The highest BCUT2D eigenvalue weighted by molar-refractivity contribution is 5.69. The third kappa shape index (κ3) is 2.10. The van der Waals surface area contributed by atoms with Gasteiger partial charge in [-0.1, -0.05) is 12.8 Å². The molecule has 1 N–H and O–H groups in total. The molecule has 92 valence electrons. The van der Waals surface area contributed by atoms with E-state index in [9.17, 15) is 9.90 Å². The molecule has 0 amide bonds. The van der Waals surface area contributed by atoms with Crippen LogP contribution in [0.25, 0.3) is 0 Å². The largest absolute Gasteiger partial charge is 0.466 e. The Kier molecular flexibility index (Phi) is 3.53. The Balaban J connectivity index is 1.97. The van der Waals surface area contributed by atoms with Crippen LogP contribution < -0.4 is 0 Å². The minimum absolute atomic E-state index is 0.136. The van der Waals surface area contributed by atoms with Crippen molar-refractivity contribution in [3.63, 3.8) is 0 Å². The summed E-state index contributed by atoms with van der Waals surface area (Å²) < 4.78 is 4.98. The molecule has 3 atom stereocenters. The van der Waals surface area contributed by atoms with Crippen LogP contribution in [0.2, 0.25) is 0 Å². The fraction of sp³-hybridized carbons (Fsp3) is 0.923. The zero-order valence-corrected chi connectivity index (χ0v) is 10.1. The van der Waals surface area contributed by atoms with Crippen LogP contribution in [0.4, 0.5) is 0 Å². The van der Waals surface area contributed by atoms with Crippen LogP contribution in [0.5, 0.6) is 0 Å². The van der Waals surface area contributed by atoms with E-state index in [-0.39, 0.29) is 11.9 Å². The van der Waals surface area contributed by atoms with Gasteiger partial charge in [0, 0.05) is 0 Å². The summed E-state index contributed by atoms with van der Waals surface area (Å²) in [5, 5.41) is 10.7. The molecule has 0 heterocycles. The molecule has 0 bridgehead atoms. The fourth-order valence-electron chi connectivity index (χ4n) is 3.54. The van der Waals surface area contributed by atoms with Crippen molar-refractivity contribution in [3.8, 4) is 0 Å². The molecule has 1 unspecified atom stereocenters. The quantitative estimate of drug-likeness (QED) is 0.751. The molecule has 0 saturated heterocycles.